The van der Waals surface area contributed by atoms with Gasteiger partial charge in [-0.25, -0.2) is 0 Å². The summed E-state index contributed by atoms with van der Waals surface area (Å²) in [6.07, 6.45) is -0.333. The Balaban J connectivity index is 2.47. The molecule has 1 heterocycles. The predicted molar refractivity (Wildman–Crippen MR) is 67.8 cm³/mol. The highest BCUT2D eigenvalue weighted by Crippen LogP contribution is 2.30. The highest BCUT2D eigenvalue weighted by atomic mass is 16.5. The molecule has 0 unspecified atom stereocenters. The van der Waals surface area contributed by atoms with Gasteiger partial charge in [0.15, 0.2) is 0 Å². The second-order valence-electron chi connectivity index (χ2n) is 4.10. The van der Waals surface area contributed by atoms with Gasteiger partial charge >= 0.3 is 7.05 Å². The first kappa shape index (κ1) is 13.0. The Morgan fingerprint density at radius 3 is 3.00 bits per heavy atom. The van der Waals surface area contributed by atoms with Gasteiger partial charge in [-0.15, -0.1) is 0 Å². The van der Waals surface area contributed by atoms with Crippen molar-refractivity contribution >= 4 is 12.5 Å². The number of aliphatic hydroxyl groups excluding tert-OH is 1. The van der Waals surface area contributed by atoms with Crippen LogP contribution in [0.3, 0.4) is 0 Å². The lowest BCUT2D eigenvalue weighted by Crippen LogP contribution is -2.28. The molecule has 1 aromatic carbocycles. The van der Waals surface area contributed by atoms with Gasteiger partial charge in [0.1, 0.15) is 12.4 Å². The summed E-state index contributed by atoms with van der Waals surface area (Å²) in [7, 11) is -0.887. The van der Waals surface area contributed by atoms with Crippen LogP contribution in [0.1, 0.15) is 17.2 Å². The second kappa shape index (κ2) is 5.47. The minimum Gasteiger partial charge on any atom is -0.492 e. The quantitative estimate of drug-likeness (QED) is 0.560. The molecule has 0 bridgehead atoms. The molecule has 7 heteroatoms. The van der Waals surface area contributed by atoms with E-state index in [0.717, 1.165) is 11.1 Å². The molecular weight excluding hydrogens is 235 g/mol. The van der Waals surface area contributed by atoms with Crippen LogP contribution < -0.4 is 15.9 Å². The molecule has 0 amide bonds. The molecule has 0 saturated carbocycles. The van der Waals surface area contributed by atoms with E-state index >= 15 is 0 Å². The van der Waals surface area contributed by atoms with E-state index in [0.29, 0.717) is 11.2 Å². The average Bonchev–Trinajstić information content (AvgIpc) is 2.78. The van der Waals surface area contributed by atoms with Gasteiger partial charge in [-0.05, 0) is 24.1 Å². The summed E-state index contributed by atoms with van der Waals surface area (Å²) in [5, 5.41) is 11.8. The Morgan fingerprint density at radius 2 is 2.39 bits per heavy atom. The maximum Gasteiger partial charge on any atom is 0.524 e. The number of aryl methyl sites for hydroxylation is 1. The van der Waals surface area contributed by atoms with E-state index in [2.05, 4.69) is 5.09 Å². The average molecular weight is 250 g/mol. The highest BCUT2D eigenvalue weighted by molar-refractivity contribution is 6.68. The van der Waals surface area contributed by atoms with Gasteiger partial charge in [0, 0.05) is 12.0 Å². The van der Waals surface area contributed by atoms with Crippen molar-refractivity contribution in [3.05, 3.63) is 28.2 Å². The number of fused-ring (bicyclic) bond motifs is 1. The summed E-state index contributed by atoms with van der Waals surface area (Å²) >= 11 is 0. The number of hydrogen-bond donors (Lipinski definition) is 2. The number of nitrogens with two attached hydrogens (primary N) is 1. The number of nitroso groups, excluding NO2 is 1. The van der Waals surface area contributed by atoms with Crippen LogP contribution in [0, 0.1) is 11.8 Å². The minimum absolute atomic E-state index is 0.0942. The monoisotopic (exact) mass is 250 g/mol. The Morgan fingerprint density at radius 1 is 1.61 bits per heavy atom. The smallest absolute Gasteiger partial charge is 0.492 e. The van der Waals surface area contributed by atoms with Crippen molar-refractivity contribution < 1.29 is 14.5 Å². The van der Waals surface area contributed by atoms with Crippen molar-refractivity contribution in [2.75, 3.05) is 19.8 Å². The maximum atomic E-state index is 10.8. The van der Waals surface area contributed by atoms with Crippen molar-refractivity contribution in [2.45, 2.75) is 13.0 Å². The first-order chi connectivity index (χ1) is 8.72. The topological polar surface area (TPSA) is 94.1 Å². The standard InChI is InChI=1S/C11H15BN2O4/c1-7-2-3-8(17-5-4-15)11-10(7)9(6-13)18-12(11)14-16/h2-3,9,15H,4-6,13H2,1H3/t9-/m1/s1. The molecule has 1 aliphatic rings. The summed E-state index contributed by atoms with van der Waals surface area (Å²) < 4.78 is 10.9. The summed E-state index contributed by atoms with van der Waals surface area (Å²) in [6.45, 7) is 2.27. The van der Waals surface area contributed by atoms with Gasteiger partial charge in [0.25, 0.3) is 0 Å². The molecule has 0 radical (unpaired) electrons. The van der Waals surface area contributed by atoms with E-state index < -0.39 is 7.05 Å². The van der Waals surface area contributed by atoms with E-state index in [1.54, 1.807) is 6.07 Å². The number of rotatable bonds is 5. The first-order valence-electron chi connectivity index (χ1n) is 5.78. The molecule has 0 aliphatic carbocycles. The maximum absolute atomic E-state index is 10.8. The Hall–Kier alpha value is -1.44. The fourth-order valence-corrected chi connectivity index (χ4v) is 2.23. The molecule has 0 saturated heterocycles. The van der Waals surface area contributed by atoms with Crippen molar-refractivity contribution in [3.63, 3.8) is 0 Å². The third-order valence-corrected chi connectivity index (χ3v) is 2.99. The first-order valence-corrected chi connectivity index (χ1v) is 5.78. The van der Waals surface area contributed by atoms with Crippen LogP contribution in [0.25, 0.3) is 0 Å². The predicted octanol–water partition coefficient (Wildman–Crippen LogP) is -0.142. The molecule has 1 aliphatic heterocycles. The molecule has 0 aromatic heterocycles. The molecule has 0 fully saturated rings. The Labute approximate surface area is 105 Å². The SMILES string of the molecule is Cc1ccc(OCCO)c2c1[C@@H](CN)OB2N=O. The van der Waals surface area contributed by atoms with Crippen LogP contribution in [-0.4, -0.2) is 31.9 Å². The number of benzene rings is 1. The van der Waals surface area contributed by atoms with Gasteiger partial charge in [-0.3, -0.25) is 0 Å². The molecule has 18 heavy (non-hydrogen) atoms. The molecular formula is C11H15BN2O4. The van der Waals surface area contributed by atoms with Crippen molar-refractivity contribution in [1.29, 1.82) is 0 Å². The highest BCUT2D eigenvalue weighted by Gasteiger charge is 2.41. The Kier molecular flexibility index (Phi) is 3.95. The zero-order chi connectivity index (χ0) is 13.1. The van der Waals surface area contributed by atoms with Crippen LogP contribution in [0.5, 0.6) is 5.75 Å². The van der Waals surface area contributed by atoms with E-state index in [1.807, 2.05) is 13.0 Å². The lowest BCUT2D eigenvalue weighted by molar-refractivity contribution is 0.202. The largest absolute Gasteiger partial charge is 0.524 e. The fourth-order valence-electron chi connectivity index (χ4n) is 2.23. The number of hydrogen-bond acceptors (Lipinski definition) is 6. The molecule has 2 rings (SSSR count). The van der Waals surface area contributed by atoms with Gasteiger partial charge < -0.3 is 20.2 Å². The molecule has 6 nitrogen and oxygen atoms in total. The molecule has 1 atom stereocenters. The lowest BCUT2D eigenvalue weighted by Gasteiger charge is -2.13. The molecule has 0 spiro atoms. The molecule has 96 valence electrons. The lowest BCUT2D eigenvalue weighted by atomic mass is 9.73. The summed E-state index contributed by atoms with van der Waals surface area (Å²) in [4.78, 5) is 10.8. The van der Waals surface area contributed by atoms with Crippen LogP contribution in [0.15, 0.2) is 17.2 Å². The third-order valence-electron chi connectivity index (χ3n) is 2.99. The number of nitrogens with zero attached hydrogens (tertiary/aromatic N) is 1. The second-order valence-corrected chi connectivity index (χ2v) is 4.10. The molecule has 1 aromatic rings. The fraction of sp³-hybridized carbons (Fsp3) is 0.455. The van der Waals surface area contributed by atoms with E-state index in [-0.39, 0.29) is 25.9 Å². The van der Waals surface area contributed by atoms with Crippen molar-refractivity contribution in [2.24, 2.45) is 10.8 Å². The number of ether oxygens (including phenoxy) is 1. The van der Waals surface area contributed by atoms with E-state index in [4.69, 9.17) is 20.2 Å². The van der Waals surface area contributed by atoms with Gasteiger partial charge in [-0.2, -0.15) is 4.91 Å². The third kappa shape index (κ3) is 2.12. The molecule has 3 N–H and O–H groups in total. The van der Waals surface area contributed by atoms with E-state index in [9.17, 15) is 4.91 Å². The van der Waals surface area contributed by atoms with Gasteiger partial charge in [0.2, 0.25) is 0 Å². The van der Waals surface area contributed by atoms with Crippen molar-refractivity contribution in [1.82, 2.24) is 0 Å². The zero-order valence-electron chi connectivity index (χ0n) is 10.1. The van der Waals surface area contributed by atoms with Crippen LogP contribution in [-0.2, 0) is 4.65 Å². The van der Waals surface area contributed by atoms with Crippen molar-refractivity contribution in [3.8, 4) is 5.75 Å². The summed E-state index contributed by atoms with van der Waals surface area (Å²) in [5.74, 6) is 0.519. The van der Waals surface area contributed by atoms with Crippen LogP contribution in [0.2, 0.25) is 0 Å². The summed E-state index contributed by atoms with van der Waals surface area (Å²) in [5.41, 5.74) is 8.13. The number of aliphatic hydroxyl groups is 1. The normalized spacial score (nSPS) is 17.7. The summed E-state index contributed by atoms with van der Waals surface area (Å²) in [6, 6.07) is 3.63. The Bertz CT molecular complexity index is 455. The van der Waals surface area contributed by atoms with E-state index in [1.165, 1.54) is 0 Å². The minimum atomic E-state index is -0.887. The van der Waals surface area contributed by atoms with Gasteiger partial charge in [-0.1, -0.05) is 11.2 Å². The zero-order valence-corrected chi connectivity index (χ0v) is 10.1. The van der Waals surface area contributed by atoms with Gasteiger partial charge in [0.05, 0.1) is 12.7 Å². The van der Waals surface area contributed by atoms with Crippen LogP contribution >= 0.6 is 0 Å². The van der Waals surface area contributed by atoms with Crippen LogP contribution in [0.4, 0.5) is 0 Å².